The molecule has 1 heterocycles. The Kier molecular flexibility index (Phi) is 4.71. The maximum Gasteiger partial charge on any atom is 0.240 e. The smallest absolute Gasteiger partial charge is 0.240 e. The molecule has 0 spiro atoms. The van der Waals surface area contributed by atoms with Crippen LogP contribution in [0.15, 0.2) is 35.5 Å². The third-order valence-electron chi connectivity index (χ3n) is 2.96. The van der Waals surface area contributed by atoms with Crippen molar-refractivity contribution in [1.82, 2.24) is 14.5 Å². The Balaban J connectivity index is 2.04. The van der Waals surface area contributed by atoms with Gasteiger partial charge in [-0.25, -0.2) is 17.5 Å². The van der Waals surface area contributed by atoms with E-state index in [2.05, 4.69) is 9.82 Å². The molecule has 21 heavy (non-hydrogen) atoms. The van der Waals surface area contributed by atoms with Crippen LogP contribution in [-0.2, 0) is 30.1 Å². The average Bonchev–Trinajstić information content (AvgIpc) is 2.84. The SMILES string of the molecule is Cn1cc(CCNS(=O)(=O)c2ccc(F)c(CO)c2)cn1. The standard InChI is InChI=1S/C13H16FN3O3S/c1-17-8-10(7-15-17)4-5-16-21(19,20)12-2-3-13(14)11(6-12)9-18/h2-3,6-8,16,18H,4-5,9H2,1H3. The first-order chi connectivity index (χ1) is 9.92. The maximum absolute atomic E-state index is 13.2. The normalized spacial score (nSPS) is 11.8. The van der Waals surface area contributed by atoms with Crippen molar-refractivity contribution >= 4 is 10.0 Å². The maximum atomic E-state index is 13.2. The zero-order chi connectivity index (χ0) is 15.5. The number of aliphatic hydroxyl groups is 1. The largest absolute Gasteiger partial charge is 0.392 e. The van der Waals surface area contributed by atoms with Crippen molar-refractivity contribution in [3.05, 3.63) is 47.5 Å². The van der Waals surface area contributed by atoms with E-state index < -0.39 is 22.4 Å². The monoisotopic (exact) mass is 313 g/mol. The van der Waals surface area contributed by atoms with Gasteiger partial charge in [0.05, 0.1) is 17.7 Å². The van der Waals surface area contributed by atoms with E-state index in [0.717, 1.165) is 17.7 Å². The van der Waals surface area contributed by atoms with Crippen LogP contribution in [-0.4, -0.2) is 29.8 Å². The van der Waals surface area contributed by atoms with Gasteiger partial charge >= 0.3 is 0 Å². The molecule has 0 saturated carbocycles. The van der Waals surface area contributed by atoms with E-state index in [-0.39, 0.29) is 17.0 Å². The van der Waals surface area contributed by atoms with Crippen molar-refractivity contribution in [2.75, 3.05) is 6.54 Å². The van der Waals surface area contributed by atoms with Crippen LogP contribution in [0, 0.1) is 5.82 Å². The highest BCUT2D eigenvalue weighted by atomic mass is 32.2. The average molecular weight is 313 g/mol. The molecule has 0 radical (unpaired) electrons. The van der Waals surface area contributed by atoms with Gasteiger partial charge in [-0.1, -0.05) is 0 Å². The van der Waals surface area contributed by atoms with Crippen molar-refractivity contribution in [3.63, 3.8) is 0 Å². The molecule has 2 rings (SSSR count). The lowest BCUT2D eigenvalue weighted by molar-refractivity contribution is 0.275. The van der Waals surface area contributed by atoms with Crippen LogP contribution in [0.1, 0.15) is 11.1 Å². The quantitative estimate of drug-likeness (QED) is 0.817. The number of aliphatic hydroxyl groups excluding tert-OH is 1. The van der Waals surface area contributed by atoms with Gasteiger partial charge in [0.2, 0.25) is 10.0 Å². The van der Waals surface area contributed by atoms with E-state index in [4.69, 9.17) is 5.11 Å². The third kappa shape index (κ3) is 3.87. The number of aryl methyl sites for hydroxylation is 1. The highest BCUT2D eigenvalue weighted by molar-refractivity contribution is 7.89. The summed E-state index contributed by atoms with van der Waals surface area (Å²) >= 11 is 0. The molecular formula is C13H16FN3O3S. The molecule has 0 unspecified atom stereocenters. The van der Waals surface area contributed by atoms with Crippen LogP contribution in [0.5, 0.6) is 0 Å². The number of benzene rings is 1. The Hall–Kier alpha value is -1.77. The second-order valence-electron chi connectivity index (χ2n) is 4.58. The molecule has 2 N–H and O–H groups in total. The summed E-state index contributed by atoms with van der Waals surface area (Å²) in [5.41, 5.74) is 0.862. The van der Waals surface area contributed by atoms with E-state index in [1.165, 1.54) is 6.07 Å². The number of rotatable bonds is 6. The van der Waals surface area contributed by atoms with Crippen LogP contribution in [0.3, 0.4) is 0 Å². The number of halogens is 1. The Labute approximate surface area is 122 Å². The number of sulfonamides is 1. The van der Waals surface area contributed by atoms with E-state index in [0.29, 0.717) is 6.42 Å². The van der Waals surface area contributed by atoms with Crippen LogP contribution in [0.4, 0.5) is 4.39 Å². The first kappa shape index (κ1) is 15.6. The minimum Gasteiger partial charge on any atom is -0.392 e. The Morgan fingerprint density at radius 2 is 2.19 bits per heavy atom. The zero-order valence-electron chi connectivity index (χ0n) is 11.5. The molecule has 0 fully saturated rings. The van der Waals surface area contributed by atoms with Gasteiger partial charge in [0.15, 0.2) is 0 Å². The highest BCUT2D eigenvalue weighted by Crippen LogP contribution is 2.15. The summed E-state index contributed by atoms with van der Waals surface area (Å²) in [5, 5.41) is 13.0. The Bertz CT molecular complexity index is 728. The zero-order valence-corrected chi connectivity index (χ0v) is 12.3. The van der Waals surface area contributed by atoms with Crippen LogP contribution >= 0.6 is 0 Å². The van der Waals surface area contributed by atoms with Crippen molar-refractivity contribution in [1.29, 1.82) is 0 Å². The number of hydrogen-bond donors (Lipinski definition) is 2. The summed E-state index contributed by atoms with van der Waals surface area (Å²) in [6.07, 6.45) is 3.97. The number of nitrogens with one attached hydrogen (secondary N) is 1. The number of aromatic nitrogens is 2. The number of hydrogen-bond acceptors (Lipinski definition) is 4. The first-order valence-corrected chi connectivity index (χ1v) is 7.77. The molecule has 1 aromatic heterocycles. The lowest BCUT2D eigenvalue weighted by Gasteiger charge is -2.08. The van der Waals surface area contributed by atoms with Crippen molar-refractivity contribution < 1.29 is 17.9 Å². The van der Waals surface area contributed by atoms with E-state index >= 15 is 0 Å². The van der Waals surface area contributed by atoms with Crippen LogP contribution in [0.25, 0.3) is 0 Å². The number of nitrogens with zero attached hydrogens (tertiary/aromatic N) is 2. The molecule has 0 aliphatic carbocycles. The van der Waals surface area contributed by atoms with E-state index in [1.807, 2.05) is 0 Å². The summed E-state index contributed by atoms with van der Waals surface area (Å²) in [4.78, 5) is -0.0702. The Morgan fingerprint density at radius 3 is 2.81 bits per heavy atom. The molecule has 1 aromatic carbocycles. The summed E-state index contributed by atoms with van der Waals surface area (Å²) in [7, 11) is -1.95. The molecule has 0 amide bonds. The summed E-state index contributed by atoms with van der Waals surface area (Å²) in [6.45, 7) is -0.343. The second-order valence-corrected chi connectivity index (χ2v) is 6.35. The summed E-state index contributed by atoms with van der Waals surface area (Å²) in [5.74, 6) is -0.633. The molecule has 114 valence electrons. The van der Waals surface area contributed by atoms with Crippen LogP contribution < -0.4 is 4.72 Å². The fraction of sp³-hybridized carbons (Fsp3) is 0.308. The predicted molar refractivity (Wildman–Crippen MR) is 74.4 cm³/mol. The van der Waals surface area contributed by atoms with Gasteiger partial charge in [0.1, 0.15) is 5.82 Å². The minimum absolute atomic E-state index is 0.0508. The molecule has 2 aromatic rings. The Morgan fingerprint density at radius 1 is 1.43 bits per heavy atom. The fourth-order valence-corrected chi connectivity index (χ4v) is 2.94. The highest BCUT2D eigenvalue weighted by Gasteiger charge is 2.15. The van der Waals surface area contributed by atoms with Gasteiger partial charge in [0.25, 0.3) is 0 Å². The predicted octanol–water partition coefficient (Wildman–Crippen LogP) is 0.572. The van der Waals surface area contributed by atoms with E-state index in [1.54, 1.807) is 24.1 Å². The molecule has 8 heteroatoms. The second kappa shape index (κ2) is 6.33. The van der Waals surface area contributed by atoms with E-state index in [9.17, 15) is 12.8 Å². The van der Waals surface area contributed by atoms with Crippen molar-refractivity contribution in [2.24, 2.45) is 7.05 Å². The molecule has 0 bridgehead atoms. The molecule has 0 aliphatic rings. The van der Waals surface area contributed by atoms with Crippen LogP contribution in [0.2, 0.25) is 0 Å². The molecular weight excluding hydrogens is 297 g/mol. The minimum atomic E-state index is -3.73. The molecule has 0 saturated heterocycles. The summed E-state index contributed by atoms with van der Waals surface area (Å²) < 4.78 is 41.5. The van der Waals surface area contributed by atoms with Crippen molar-refractivity contribution in [2.45, 2.75) is 17.9 Å². The molecule has 6 nitrogen and oxygen atoms in total. The van der Waals surface area contributed by atoms with Gasteiger partial charge in [-0.2, -0.15) is 5.10 Å². The lowest BCUT2D eigenvalue weighted by Crippen LogP contribution is -2.26. The van der Waals surface area contributed by atoms with Gasteiger partial charge in [-0.05, 0) is 30.2 Å². The van der Waals surface area contributed by atoms with Crippen molar-refractivity contribution in [3.8, 4) is 0 Å². The summed E-state index contributed by atoms with van der Waals surface area (Å²) in [6, 6.07) is 3.32. The van der Waals surface area contributed by atoms with Gasteiger partial charge < -0.3 is 5.11 Å². The third-order valence-corrected chi connectivity index (χ3v) is 4.42. The lowest BCUT2D eigenvalue weighted by atomic mass is 10.2. The van der Waals surface area contributed by atoms with Gasteiger partial charge in [-0.3, -0.25) is 4.68 Å². The molecule has 0 atom stereocenters. The fourth-order valence-electron chi connectivity index (χ4n) is 1.85. The molecule has 0 aliphatic heterocycles. The topological polar surface area (TPSA) is 84.2 Å². The van der Waals surface area contributed by atoms with Gasteiger partial charge in [-0.15, -0.1) is 0 Å². The first-order valence-electron chi connectivity index (χ1n) is 6.29. The van der Waals surface area contributed by atoms with Gasteiger partial charge in [0, 0.05) is 25.4 Å².